The Hall–Kier alpha value is -4.06. The normalized spacial score (nSPS) is 12.7. The van der Waals surface area contributed by atoms with Crippen LogP contribution in [0.3, 0.4) is 0 Å². The van der Waals surface area contributed by atoms with Gasteiger partial charge in [-0.25, -0.2) is 19.0 Å². The van der Waals surface area contributed by atoms with Crippen molar-refractivity contribution in [2.24, 2.45) is 0 Å². The maximum absolute atomic E-state index is 15.0. The minimum atomic E-state index is -4.63. The second kappa shape index (κ2) is 8.37. The zero-order valence-corrected chi connectivity index (χ0v) is 17.9. The van der Waals surface area contributed by atoms with Crippen LogP contribution in [0.15, 0.2) is 42.5 Å². The van der Waals surface area contributed by atoms with Crippen molar-refractivity contribution in [1.29, 1.82) is 0 Å². The quantitative estimate of drug-likeness (QED) is 0.387. The van der Waals surface area contributed by atoms with Crippen molar-refractivity contribution in [3.8, 4) is 5.69 Å². The average Bonchev–Trinajstić information content (AvgIpc) is 3.09. The first-order valence-corrected chi connectivity index (χ1v) is 9.91. The molecule has 1 unspecified atom stereocenters. The number of alkyl halides is 3. The SMILES string of the molecule is Cc1nc(N)c2c(n1)c(C)nn2-c1ccc(NC(=O)C(O)c2cccc(C(F)(F)F)c2)cc1F. The van der Waals surface area contributed by atoms with Gasteiger partial charge in [0.05, 0.1) is 11.3 Å². The third-order valence-electron chi connectivity index (χ3n) is 5.05. The minimum absolute atomic E-state index is 0.00804. The van der Waals surface area contributed by atoms with E-state index < -0.39 is 29.6 Å². The number of rotatable bonds is 4. The summed E-state index contributed by atoms with van der Waals surface area (Å²) in [5.41, 5.74) is 6.00. The fraction of sp³-hybridized carbons (Fsp3) is 0.182. The van der Waals surface area contributed by atoms with E-state index in [4.69, 9.17) is 5.73 Å². The van der Waals surface area contributed by atoms with Gasteiger partial charge < -0.3 is 16.2 Å². The molecule has 1 amide bonds. The van der Waals surface area contributed by atoms with Gasteiger partial charge >= 0.3 is 6.18 Å². The largest absolute Gasteiger partial charge is 0.416 e. The third kappa shape index (κ3) is 4.27. The molecule has 0 radical (unpaired) electrons. The van der Waals surface area contributed by atoms with Crippen LogP contribution < -0.4 is 11.1 Å². The molecule has 34 heavy (non-hydrogen) atoms. The highest BCUT2D eigenvalue weighted by Crippen LogP contribution is 2.31. The number of aryl methyl sites for hydroxylation is 2. The monoisotopic (exact) mass is 474 g/mol. The Labute approximate surface area is 190 Å². The number of hydrogen-bond donors (Lipinski definition) is 3. The molecule has 0 aliphatic rings. The fourth-order valence-corrected chi connectivity index (χ4v) is 3.47. The number of aromatic nitrogens is 4. The van der Waals surface area contributed by atoms with Crippen molar-refractivity contribution in [3.63, 3.8) is 0 Å². The van der Waals surface area contributed by atoms with Gasteiger partial charge in [0.2, 0.25) is 0 Å². The predicted octanol–water partition coefficient (Wildman–Crippen LogP) is 3.84. The third-order valence-corrected chi connectivity index (χ3v) is 5.05. The fourth-order valence-electron chi connectivity index (χ4n) is 3.47. The van der Waals surface area contributed by atoms with Crippen LogP contribution in [0, 0.1) is 19.7 Å². The van der Waals surface area contributed by atoms with Gasteiger partial charge in [0.1, 0.15) is 22.5 Å². The van der Waals surface area contributed by atoms with Gasteiger partial charge in [0.15, 0.2) is 17.7 Å². The lowest BCUT2D eigenvalue weighted by Crippen LogP contribution is -2.21. The van der Waals surface area contributed by atoms with Gasteiger partial charge in [-0.15, -0.1) is 0 Å². The molecule has 0 saturated carbocycles. The van der Waals surface area contributed by atoms with E-state index in [1.165, 1.54) is 22.9 Å². The number of fused-ring (bicyclic) bond motifs is 1. The molecule has 4 N–H and O–H groups in total. The number of carbonyl (C=O) groups is 1. The van der Waals surface area contributed by atoms with Crippen molar-refractivity contribution >= 4 is 28.4 Å². The maximum atomic E-state index is 15.0. The number of nitrogens with one attached hydrogen (secondary N) is 1. The van der Waals surface area contributed by atoms with Crippen molar-refractivity contribution < 1.29 is 27.5 Å². The molecule has 2 aromatic carbocycles. The number of halogens is 4. The second-order valence-electron chi connectivity index (χ2n) is 7.53. The zero-order valence-electron chi connectivity index (χ0n) is 17.9. The molecular formula is C22H18F4N6O2. The van der Waals surface area contributed by atoms with E-state index in [0.717, 1.165) is 18.2 Å². The molecule has 0 spiro atoms. The Morgan fingerprint density at radius 2 is 1.88 bits per heavy atom. The Morgan fingerprint density at radius 1 is 1.15 bits per heavy atom. The molecule has 4 rings (SSSR count). The molecule has 0 bridgehead atoms. The van der Waals surface area contributed by atoms with E-state index in [2.05, 4.69) is 20.4 Å². The van der Waals surface area contributed by atoms with Gasteiger partial charge in [-0.05, 0) is 49.7 Å². The number of anilines is 2. The Bertz CT molecular complexity index is 1420. The number of nitrogens with zero attached hydrogens (tertiary/aromatic N) is 4. The summed E-state index contributed by atoms with van der Waals surface area (Å²) in [6, 6.07) is 7.42. The van der Waals surface area contributed by atoms with Crippen molar-refractivity contribution in [2.45, 2.75) is 26.1 Å². The standard InChI is InChI=1S/C22H18F4N6O2/c1-10-17-18(20(27)29-11(2)28-17)32(31-10)16-7-6-14(9-15(16)23)30-21(34)19(33)12-4-3-5-13(8-12)22(24,25)26/h3-9,19,33H,1-2H3,(H,30,34)(H2,27,28,29). The smallest absolute Gasteiger partial charge is 0.382 e. The van der Waals surface area contributed by atoms with Crippen LogP contribution in [-0.2, 0) is 11.0 Å². The van der Waals surface area contributed by atoms with Gasteiger partial charge in [0.25, 0.3) is 5.91 Å². The van der Waals surface area contributed by atoms with E-state index in [-0.39, 0.29) is 22.8 Å². The Morgan fingerprint density at radius 3 is 2.56 bits per heavy atom. The molecule has 2 heterocycles. The molecular weight excluding hydrogens is 456 g/mol. The minimum Gasteiger partial charge on any atom is -0.382 e. The van der Waals surface area contributed by atoms with Crippen molar-refractivity contribution in [2.75, 3.05) is 11.1 Å². The zero-order chi connectivity index (χ0) is 24.8. The molecule has 1 atom stereocenters. The highest BCUT2D eigenvalue weighted by Gasteiger charge is 2.31. The highest BCUT2D eigenvalue weighted by atomic mass is 19.4. The summed E-state index contributed by atoms with van der Waals surface area (Å²) < 4.78 is 54.9. The summed E-state index contributed by atoms with van der Waals surface area (Å²) >= 11 is 0. The van der Waals surface area contributed by atoms with E-state index >= 15 is 0 Å². The van der Waals surface area contributed by atoms with Crippen LogP contribution in [0.2, 0.25) is 0 Å². The molecule has 0 aliphatic heterocycles. The summed E-state index contributed by atoms with van der Waals surface area (Å²) in [5, 5.41) is 16.8. The molecule has 0 fully saturated rings. The number of amides is 1. The van der Waals surface area contributed by atoms with Gasteiger partial charge in [-0.2, -0.15) is 18.3 Å². The lowest BCUT2D eigenvalue weighted by molar-refractivity contribution is -0.138. The van der Waals surface area contributed by atoms with E-state index in [1.54, 1.807) is 13.8 Å². The number of hydrogen-bond acceptors (Lipinski definition) is 6. The number of nitrogen functional groups attached to an aromatic ring is 1. The summed E-state index contributed by atoms with van der Waals surface area (Å²) in [6.07, 6.45) is -6.53. The number of carbonyl (C=O) groups excluding carboxylic acids is 1. The first-order chi connectivity index (χ1) is 16.0. The van der Waals surface area contributed by atoms with Gasteiger partial charge in [0, 0.05) is 5.69 Å². The molecule has 4 aromatic rings. The van der Waals surface area contributed by atoms with E-state index in [9.17, 15) is 27.5 Å². The number of benzene rings is 2. The summed E-state index contributed by atoms with van der Waals surface area (Å²) in [4.78, 5) is 20.8. The Balaban J connectivity index is 1.60. The van der Waals surface area contributed by atoms with Crippen LogP contribution in [0.1, 0.15) is 28.7 Å². The predicted molar refractivity (Wildman–Crippen MR) is 116 cm³/mol. The van der Waals surface area contributed by atoms with Crippen LogP contribution in [0.4, 0.5) is 29.1 Å². The number of nitrogens with two attached hydrogens (primary N) is 1. The number of aliphatic hydroxyl groups excluding tert-OH is 1. The summed E-state index contributed by atoms with van der Waals surface area (Å²) in [6.45, 7) is 3.35. The molecule has 2 aromatic heterocycles. The van der Waals surface area contributed by atoms with Gasteiger partial charge in [-0.1, -0.05) is 12.1 Å². The Kier molecular flexibility index (Phi) is 5.69. The molecule has 0 aliphatic carbocycles. The van der Waals surface area contributed by atoms with Crippen molar-refractivity contribution in [1.82, 2.24) is 19.7 Å². The molecule has 8 nitrogen and oxygen atoms in total. The summed E-state index contributed by atoms with van der Waals surface area (Å²) in [5.74, 6) is -1.26. The molecule has 176 valence electrons. The molecule has 12 heteroatoms. The van der Waals surface area contributed by atoms with Crippen LogP contribution in [0.5, 0.6) is 0 Å². The van der Waals surface area contributed by atoms with Crippen molar-refractivity contribution in [3.05, 3.63) is 70.9 Å². The molecule has 0 saturated heterocycles. The first-order valence-electron chi connectivity index (χ1n) is 9.91. The van der Waals surface area contributed by atoms with Crippen LogP contribution in [-0.4, -0.2) is 30.8 Å². The van der Waals surface area contributed by atoms with Crippen LogP contribution in [0.25, 0.3) is 16.7 Å². The highest BCUT2D eigenvalue weighted by molar-refractivity contribution is 5.95. The van der Waals surface area contributed by atoms with E-state index in [1.807, 2.05) is 0 Å². The first kappa shape index (κ1) is 23.1. The average molecular weight is 474 g/mol. The lowest BCUT2D eigenvalue weighted by atomic mass is 10.0. The summed E-state index contributed by atoms with van der Waals surface area (Å²) in [7, 11) is 0. The van der Waals surface area contributed by atoms with Crippen LogP contribution >= 0.6 is 0 Å². The number of aliphatic hydroxyl groups is 1. The van der Waals surface area contributed by atoms with Gasteiger partial charge in [-0.3, -0.25) is 4.79 Å². The van der Waals surface area contributed by atoms with E-state index in [0.29, 0.717) is 28.6 Å². The maximum Gasteiger partial charge on any atom is 0.416 e. The lowest BCUT2D eigenvalue weighted by Gasteiger charge is -2.14. The second-order valence-corrected chi connectivity index (χ2v) is 7.53. The topological polar surface area (TPSA) is 119 Å².